The van der Waals surface area contributed by atoms with E-state index in [1.165, 1.54) is 0 Å². The Hall–Kier alpha value is -1.30. The average Bonchev–Trinajstić information content (AvgIpc) is 2.37. The molecule has 0 aliphatic rings. The van der Waals surface area contributed by atoms with Gasteiger partial charge in [-0.15, -0.1) is 0 Å². The lowest BCUT2D eigenvalue weighted by Gasteiger charge is -2.11. The molecule has 0 aliphatic heterocycles. The lowest BCUT2D eigenvalue weighted by molar-refractivity contribution is 0.109. The molecular weight excluding hydrogens is 220 g/mol. The molecule has 1 aromatic rings. The van der Waals surface area contributed by atoms with E-state index in [-0.39, 0.29) is 6.04 Å². The molecule has 96 valence electrons. The van der Waals surface area contributed by atoms with Crippen molar-refractivity contribution in [2.45, 2.75) is 12.6 Å². The van der Waals surface area contributed by atoms with Crippen molar-refractivity contribution < 1.29 is 14.2 Å². The van der Waals surface area contributed by atoms with Crippen LogP contribution < -0.4 is 20.9 Å². The first kappa shape index (κ1) is 13.8. The Morgan fingerprint density at radius 2 is 1.71 bits per heavy atom. The smallest absolute Gasteiger partial charge is 0.122 e. The summed E-state index contributed by atoms with van der Waals surface area (Å²) >= 11 is 0. The first-order valence-electron chi connectivity index (χ1n) is 5.45. The van der Waals surface area contributed by atoms with Crippen molar-refractivity contribution >= 4 is 0 Å². The van der Waals surface area contributed by atoms with Crippen LogP contribution in [0.2, 0.25) is 0 Å². The van der Waals surface area contributed by atoms with Gasteiger partial charge in [0.2, 0.25) is 0 Å². The number of benzene rings is 1. The molecule has 0 bridgehead atoms. The van der Waals surface area contributed by atoms with Gasteiger partial charge >= 0.3 is 0 Å². The van der Waals surface area contributed by atoms with Crippen LogP contribution in [-0.2, 0) is 11.3 Å². The fraction of sp³-hybridized carbons (Fsp3) is 0.500. The third-order valence-corrected chi connectivity index (χ3v) is 2.31. The van der Waals surface area contributed by atoms with Gasteiger partial charge in [-0.1, -0.05) is 0 Å². The van der Waals surface area contributed by atoms with Gasteiger partial charge in [0.15, 0.2) is 0 Å². The van der Waals surface area contributed by atoms with Gasteiger partial charge in [0.05, 0.1) is 27.4 Å². The molecule has 0 saturated carbocycles. The van der Waals surface area contributed by atoms with Gasteiger partial charge in [0.1, 0.15) is 11.5 Å². The second kappa shape index (κ2) is 7.11. The molecule has 0 heterocycles. The van der Waals surface area contributed by atoms with Crippen LogP contribution in [0, 0.1) is 0 Å². The molecule has 5 nitrogen and oxygen atoms in total. The number of ether oxygens (including phenoxy) is 3. The van der Waals surface area contributed by atoms with Crippen molar-refractivity contribution in [1.82, 2.24) is 0 Å². The summed E-state index contributed by atoms with van der Waals surface area (Å²) in [6, 6.07) is 5.49. The number of rotatable bonds is 7. The normalized spacial score (nSPS) is 12.2. The van der Waals surface area contributed by atoms with Crippen LogP contribution in [0.15, 0.2) is 18.2 Å². The van der Waals surface area contributed by atoms with Gasteiger partial charge in [-0.2, -0.15) is 0 Å². The monoisotopic (exact) mass is 240 g/mol. The zero-order valence-electron chi connectivity index (χ0n) is 10.3. The Balaban J connectivity index is 2.57. The highest BCUT2D eigenvalue weighted by atomic mass is 16.5. The van der Waals surface area contributed by atoms with Crippen molar-refractivity contribution in [3.8, 4) is 11.5 Å². The highest BCUT2D eigenvalue weighted by molar-refractivity contribution is 5.38. The molecule has 17 heavy (non-hydrogen) atoms. The maximum absolute atomic E-state index is 5.65. The predicted octanol–water partition coefficient (Wildman–Crippen LogP) is 0.506. The van der Waals surface area contributed by atoms with E-state index in [9.17, 15) is 0 Å². The third kappa shape index (κ3) is 4.60. The zero-order chi connectivity index (χ0) is 12.7. The summed E-state index contributed by atoms with van der Waals surface area (Å²) < 4.78 is 15.8. The topological polar surface area (TPSA) is 79.7 Å². The van der Waals surface area contributed by atoms with Gasteiger partial charge in [0.25, 0.3) is 0 Å². The summed E-state index contributed by atoms with van der Waals surface area (Å²) in [5.41, 5.74) is 12.0. The molecular formula is C12H20N2O3. The average molecular weight is 240 g/mol. The fourth-order valence-corrected chi connectivity index (χ4v) is 1.35. The first-order valence-corrected chi connectivity index (χ1v) is 5.45. The zero-order valence-corrected chi connectivity index (χ0v) is 10.3. The number of nitrogens with two attached hydrogens (primary N) is 2. The molecule has 4 N–H and O–H groups in total. The number of methoxy groups -OCH3 is 2. The number of hydrogen-bond acceptors (Lipinski definition) is 5. The highest BCUT2D eigenvalue weighted by Crippen LogP contribution is 2.22. The van der Waals surface area contributed by atoms with Gasteiger partial charge in [-0.25, -0.2) is 0 Å². The molecule has 0 spiro atoms. The van der Waals surface area contributed by atoms with E-state index in [2.05, 4.69) is 0 Å². The molecule has 0 radical (unpaired) electrons. The SMILES string of the molecule is COc1cc(COCC(N)CN)cc(OC)c1. The van der Waals surface area contributed by atoms with Gasteiger partial charge in [0, 0.05) is 18.7 Å². The van der Waals surface area contributed by atoms with Crippen LogP contribution in [0.3, 0.4) is 0 Å². The minimum Gasteiger partial charge on any atom is -0.497 e. The fourth-order valence-electron chi connectivity index (χ4n) is 1.35. The second-order valence-corrected chi connectivity index (χ2v) is 3.73. The van der Waals surface area contributed by atoms with Gasteiger partial charge < -0.3 is 25.7 Å². The molecule has 0 aliphatic carbocycles. The summed E-state index contributed by atoms with van der Waals surface area (Å²) in [4.78, 5) is 0. The van der Waals surface area contributed by atoms with E-state index in [1.807, 2.05) is 18.2 Å². The van der Waals surface area contributed by atoms with Gasteiger partial charge in [-0.3, -0.25) is 0 Å². The Morgan fingerprint density at radius 3 is 2.18 bits per heavy atom. The van der Waals surface area contributed by atoms with Crippen LogP contribution in [-0.4, -0.2) is 33.4 Å². The summed E-state index contributed by atoms with van der Waals surface area (Å²) in [5.74, 6) is 1.48. The van der Waals surface area contributed by atoms with E-state index < -0.39 is 0 Å². The van der Waals surface area contributed by atoms with Crippen LogP contribution in [0.25, 0.3) is 0 Å². The van der Waals surface area contributed by atoms with Gasteiger partial charge in [-0.05, 0) is 17.7 Å². The van der Waals surface area contributed by atoms with Crippen LogP contribution in [0.4, 0.5) is 0 Å². The van der Waals surface area contributed by atoms with Crippen molar-refractivity contribution in [2.75, 3.05) is 27.4 Å². The third-order valence-electron chi connectivity index (χ3n) is 2.31. The van der Waals surface area contributed by atoms with E-state index in [0.29, 0.717) is 19.8 Å². The predicted molar refractivity (Wildman–Crippen MR) is 66.2 cm³/mol. The molecule has 0 fully saturated rings. The molecule has 0 aromatic heterocycles. The minimum atomic E-state index is -0.123. The lowest BCUT2D eigenvalue weighted by Crippen LogP contribution is -2.34. The van der Waals surface area contributed by atoms with E-state index in [1.54, 1.807) is 14.2 Å². The Morgan fingerprint density at radius 1 is 1.12 bits per heavy atom. The maximum atomic E-state index is 5.65. The van der Waals surface area contributed by atoms with E-state index in [4.69, 9.17) is 25.7 Å². The van der Waals surface area contributed by atoms with Crippen molar-refractivity contribution in [2.24, 2.45) is 11.5 Å². The van der Waals surface area contributed by atoms with Crippen LogP contribution >= 0.6 is 0 Å². The molecule has 0 amide bonds. The van der Waals surface area contributed by atoms with Crippen molar-refractivity contribution in [3.05, 3.63) is 23.8 Å². The molecule has 0 saturated heterocycles. The summed E-state index contributed by atoms with van der Waals surface area (Å²) in [5, 5.41) is 0. The molecule has 1 atom stereocenters. The van der Waals surface area contributed by atoms with E-state index in [0.717, 1.165) is 17.1 Å². The second-order valence-electron chi connectivity index (χ2n) is 3.73. The summed E-state index contributed by atoms with van der Waals surface area (Å²) in [6.07, 6.45) is 0. The van der Waals surface area contributed by atoms with Crippen molar-refractivity contribution in [1.29, 1.82) is 0 Å². The molecule has 1 aromatic carbocycles. The summed E-state index contributed by atoms with van der Waals surface area (Å²) in [6.45, 7) is 1.32. The van der Waals surface area contributed by atoms with Crippen LogP contribution in [0.5, 0.6) is 11.5 Å². The first-order chi connectivity index (χ1) is 8.19. The molecule has 5 heteroatoms. The minimum absolute atomic E-state index is 0.123. The van der Waals surface area contributed by atoms with Crippen molar-refractivity contribution in [3.63, 3.8) is 0 Å². The Kier molecular flexibility index (Phi) is 5.76. The number of hydrogen-bond donors (Lipinski definition) is 2. The Bertz CT molecular complexity index is 322. The Labute approximate surface area is 102 Å². The summed E-state index contributed by atoms with van der Waals surface area (Å²) in [7, 11) is 3.23. The molecule has 1 unspecified atom stereocenters. The lowest BCUT2D eigenvalue weighted by atomic mass is 10.2. The van der Waals surface area contributed by atoms with E-state index >= 15 is 0 Å². The maximum Gasteiger partial charge on any atom is 0.122 e. The van der Waals surface area contributed by atoms with Crippen LogP contribution in [0.1, 0.15) is 5.56 Å². The largest absolute Gasteiger partial charge is 0.497 e. The quantitative estimate of drug-likeness (QED) is 0.725. The molecule has 1 rings (SSSR count). The highest BCUT2D eigenvalue weighted by Gasteiger charge is 2.03. The standard InChI is InChI=1S/C12H20N2O3/c1-15-11-3-9(4-12(5-11)16-2)7-17-8-10(14)6-13/h3-5,10H,6-8,13-14H2,1-2H3.